The van der Waals surface area contributed by atoms with Gasteiger partial charge in [0.25, 0.3) is 0 Å². The average molecular weight is 455 g/mol. The molecule has 0 saturated carbocycles. The summed E-state index contributed by atoms with van der Waals surface area (Å²) >= 11 is 0. The number of ether oxygens (including phenoxy) is 2. The Balaban J connectivity index is 0.000000349. The van der Waals surface area contributed by atoms with E-state index in [1.165, 1.54) is 11.0 Å². The number of morpholine rings is 1. The monoisotopic (exact) mass is 454 g/mol. The molecular formula is C20H28ClFN6O3. The molecule has 31 heavy (non-hydrogen) atoms. The highest BCUT2D eigenvalue weighted by Crippen LogP contribution is 2.22. The van der Waals surface area contributed by atoms with Gasteiger partial charge in [0.2, 0.25) is 5.95 Å². The molecule has 170 valence electrons. The summed E-state index contributed by atoms with van der Waals surface area (Å²) in [5.74, 6) is 0.428. The molecule has 1 aromatic heterocycles. The van der Waals surface area contributed by atoms with Gasteiger partial charge in [-0.2, -0.15) is 0 Å². The molecule has 1 amide bonds. The average Bonchev–Trinajstić information content (AvgIpc) is 2.75. The molecular weight excluding hydrogens is 427 g/mol. The van der Waals surface area contributed by atoms with Crippen molar-refractivity contribution < 1.29 is 18.7 Å². The lowest BCUT2D eigenvalue weighted by Crippen LogP contribution is -2.39. The van der Waals surface area contributed by atoms with Gasteiger partial charge in [-0.05, 0) is 13.0 Å². The van der Waals surface area contributed by atoms with Crippen molar-refractivity contribution in [2.75, 3.05) is 51.9 Å². The molecule has 2 heterocycles. The fourth-order valence-electron chi connectivity index (χ4n) is 2.46. The lowest BCUT2D eigenvalue weighted by molar-refractivity contribution is 0.122. The molecule has 1 fully saturated rings. The van der Waals surface area contributed by atoms with Crippen LogP contribution in [0.15, 0.2) is 36.7 Å². The zero-order chi connectivity index (χ0) is 21.9. The Morgan fingerprint density at radius 3 is 2.42 bits per heavy atom. The van der Waals surface area contributed by atoms with Crippen LogP contribution in [0, 0.1) is 11.2 Å². The summed E-state index contributed by atoms with van der Waals surface area (Å²) in [7, 11) is 3.32. The lowest BCUT2D eigenvalue weighted by Gasteiger charge is -2.26. The number of benzene rings is 1. The number of alkyl carbamates (subject to hydrolysis) is 1. The second-order valence-electron chi connectivity index (χ2n) is 6.44. The first-order valence-electron chi connectivity index (χ1n) is 9.51. The van der Waals surface area contributed by atoms with E-state index in [1.807, 2.05) is 0 Å². The number of nitrogens with one attached hydrogen (secondary N) is 2. The Kier molecular flexibility index (Phi) is 11.2. The Morgan fingerprint density at radius 1 is 1.26 bits per heavy atom. The highest BCUT2D eigenvalue weighted by atomic mass is 35.5. The molecule has 1 aromatic carbocycles. The number of hydrogen-bond donors (Lipinski definition) is 2. The van der Waals surface area contributed by atoms with Gasteiger partial charge < -0.3 is 19.3 Å². The van der Waals surface area contributed by atoms with E-state index >= 15 is 0 Å². The third-order valence-electron chi connectivity index (χ3n) is 4.06. The van der Waals surface area contributed by atoms with Gasteiger partial charge in [-0.25, -0.2) is 19.2 Å². The zero-order valence-corrected chi connectivity index (χ0v) is 18.6. The smallest absolute Gasteiger partial charge is 0.413 e. The summed E-state index contributed by atoms with van der Waals surface area (Å²) in [5, 5.41) is 9.39. The summed E-state index contributed by atoms with van der Waals surface area (Å²) in [6.07, 6.45) is 2.73. The largest absolute Gasteiger partial charge is 0.450 e. The van der Waals surface area contributed by atoms with Crippen LogP contribution in [-0.2, 0) is 9.47 Å². The summed E-state index contributed by atoms with van der Waals surface area (Å²) < 4.78 is 23.5. The third-order valence-corrected chi connectivity index (χ3v) is 4.06. The van der Waals surface area contributed by atoms with Crippen LogP contribution in [-0.4, -0.2) is 73.9 Å². The van der Waals surface area contributed by atoms with E-state index in [0.29, 0.717) is 36.9 Å². The Labute approximate surface area is 187 Å². The molecule has 1 saturated heterocycles. The number of halogens is 2. The molecule has 3 rings (SSSR count). The van der Waals surface area contributed by atoms with Gasteiger partial charge in [-0.15, -0.1) is 12.4 Å². The number of guanidine groups is 1. The van der Waals surface area contributed by atoms with E-state index in [9.17, 15) is 9.18 Å². The number of carbonyl (C=O) groups is 1. The predicted octanol–water partition coefficient (Wildman–Crippen LogP) is 2.77. The lowest BCUT2D eigenvalue weighted by atomic mass is 10.1. The first-order chi connectivity index (χ1) is 14.4. The van der Waals surface area contributed by atoms with Gasteiger partial charge >= 0.3 is 6.09 Å². The maximum Gasteiger partial charge on any atom is 0.413 e. The van der Waals surface area contributed by atoms with E-state index in [-0.39, 0.29) is 24.2 Å². The maximum absolute atomic E-state index is 13.6. The minimum atomic E-state index is -0.591. The van der Waals surface area contributed by atoms with Gasteiger partial charge in [-0.1, -0.05) is 18.2 Å². The van der Waals surface area contributed by atoms with Crippen LogP contribution in [0.3, 0.4) is 0 Å². The van der Waals surface area contributed by atoms with Crippen LogP contribution >= 0.6 is 12.4 Å². The van der Waals surface area contributed by atoms with Gasteiger partial charge in [0, 0.05) is 50.7 Å². The molecule has 0 atom stereocenters. The Hall–Kier alpha value is -2.98. The molecule has 0 unspecified atom stereocenters. The van der Waals surface area contributed by atoms with Crippen molar-refractivity contribution in [2.24, 2.45) is 0 Å². The van der Waals surface area contributed by atoms with E-state index in [1.54, 1.807) is 51.6 Å². The maximum atomic E-state index is 13.6. The van der Waals surface area contributed by atoms with Crippen molar-refractivity contribution in [1.29, 1.82) is 5.41 Å². The minimum Gasteiger partial charge on any atom is -0.450 e. The van der Waals surface area contributed by atoms with Crippen molar-refractivity contribution >= 4 is 30.4 Å². The van der Waals surface area contributed by atoms with Crippen LogP contribution in [0.1, 0.15) is 6.92 Å². The van der Waals surface area contributed by atoms with Gasteiger partial charge in [0.05, 0.1) is 19.8 Å². The Morgan fingerprint density at radius 2 is 1.87 bits per heavy atom. The second kappa shape index (κ2) is 13.3. The number of amides is 1. The number of nitrogens with zero attached hydrogens (tertiary/aromatic N) is 4. The first kappa shape index (κ1) is 26.1. The summed E-state index contributed by atoms with van der Waals surface area (Å²) in [6, 6.07) is 6.63. The topological polar surface area (TPSA) is 104 Å². The molecule has 1 aliphatic heterocycles. The van der Waals surface area contributed by atoms with Gasteiger partial charge in [-0.3, -0.25) is 10.7 Å². The van der Waals surface area contributed by atoms with E-state index in [4.69, 9.17) is 10.1 Å². The molecule has 2 aromatic rings. The summed E-state index contributed by atoms with van der Waals surface area (Å²) in [6.45, 7) is 4.99. The second-order valence-corrected chi connectivity index (χ2v) is 6.44. The molecule has 0 aliphatic carbocycles. The number of carbonyl (C=O) groups excluding carboxylic acids is 1. The molecule has 0 spiro atoms. The molecule has 0 radical (unpaired) electrons. The van der Waals surface area contributed by atoms with Crippen LogP contribution in [0.25, 0.3) is 11.1 Å². The fourth-order valence-corrected chi connectivity index (χ4v) is 2.46. The zero-order valence-electron chi connectivity index (χ0n) is 17.8. The predicted molar refractivity (Wildman–Crippen MR) is 119 cm³/mol. The van der Waals surface area contributed by atoms with Crippen LogP contribution in [0.5, 0.6) is 0 Å². The van der Waals surface area contributed by atoms with Crippen LogP contribution in [0.4, 0.5) is 15.1 Å². The number of rotatable bonds is 3. The van der Waals surface area contributed by atoms with E-state index < -0.39 is 6.09 Å². The van der Waals surface area contributed by atoms with E-state index in [0.717, 1.165) is 13.1 Å². The number of anilines is 1. The summed E-state index contributed by atoms with van der Waals surface area (Å²) in [5.41, 5.74) is 1.21. The number of hydrogen-bond acceptors (Lipinski definition) is 7. The van der Waals surface area contributed by atoms with Crippen molar-refractivity contribution in [3.63, 3.8) is 0 Å². The minimum absolute atomic E-state index is 0. The van der Waals surface area contributed by atoms with Crippen molar-refractivity contribution in [3.8, 4) is 11.1 Å². The Bertz CT molecular complexity index is 832. The van der Waals surface area contributed by atoms with Crippen molar-refractivity contribution in [2.45, 2.75) is 6.92 Å². The third kappa shape index (κ3) is 8.35. The van der Waals surface area contributed by atoms with Crippen molar-refractivity contribution in [3.05, 3.63) is 42.5 Å². The quantitative estimate of drug-likeness (QED) is 0.542. The van der Waals surface area contributed by atoms with Crippen LogP contribution < -0.4 is 10.2 Å². The molecule has 1 aliphatic rings. The normalized spacial score (nSPS) is 12.6. The molecule has 0 bridgehead atoms. The van der Waals surface area contributed by atoms with Crippen LogP contribution in [0.2, 0.25) is 0 Å². The van der Waals surface area contributed by atoms with Crippen molar-refractivity contribution in [1.82, 2.24) is 20.2 Å². The first-order valence-corrected chi connectivity index (χ1v) is 9.51. The molecule has 11 heteroatoms. The highest BCUT2D eigenvalue weighted by molar-refractivity contribution is 5.91. The van der Waals surface area contributed by atoms with E-state index in [2.05, 4.69) is 24.9 Å². The number of aromatic nitrogens is 2. The van der Waals surface area contributed by atoms with Gasteiger partial charge in [0.1, 0.15) is 5.82 Å². The standard InChI is InChI=1S/C14H14FN3O.C6H13N3O2.ClH/c15-13-4-2-1-3-12(13)11-9-16-14(17-10-11)18-5-7-19-8-6-18;1-4-11-6(10)8-5(7)9(2)3;/h1-4,9-10H,5-8H2;4H2,1-3H3,(H2,7,8,10);1H. The summed E-state index contributed by atoms with van der Waals surface area (Å²) in [4.78, 5) is 22.8. The van der Waals surface area contributed by atoms with Gasteiger partial charge in [0.15, 0.2) is 5.96 Å². The highest BCUT2D eigenvalue weighted by Gasteiger charge is 2.14. The SMILES string of the molecule is CCOC(=O)NC(=N)N(C)C.Cl.Fc1ccccc1-c1cnc(N2CCOCC2)nc1. The fraction of sp³-hybridized carbons (Fsp3) is 0.400. The molecule has 9 nitrogen and oxygen atoms in total. The molecule has 2 N–H and O–H groups in total.